The van der Waals surface area contributed by atoms with Crippen LogP contribution >= 0.6 is 0 Å². The minimum atomic E-state index is 0. The maximum atomic E-state index is 2.27. The molecule has 0 heterocycles. The van der Waals surface area contributed by atoms with Gasteiger partial charge in [-0.25, -0.2) is 0 Å². The number of hydrogen-bond acceptors (Lipinski definition) is 0. The molecular formula is C9H29GeOSi3. The Labute approximate surface area is 108 Å². The van der Waals surface area contributed by atoms with Gasteiger partial charge in [0.2, 0.25) is 0 Å². The van der Waals surface area contributed by atoms with E-state index < -0.39 is 0 Å². The first kappa shape index (κ1) is 29.4. The largest absolute Gasteiger partial charge is 0.412 e. The monoisotopic (exact) mass is 311 g/mol. The molecule has 0 spiro atoms. The van der Waals surface area contributed by atoms with E-state index in [0.717, 1.165) is 0 Å². The van der Waals surface area contributed by atoms with Crippen LogP contribution in [0.3, 0.4) is 0 Å². The molecule has 0 aliphatic carbocycles. The summed E-state index contributed by atoms with van der Waals surface area (Å²) in [7, 11) is 0.361. The summed E-state index contributed by atoms with van der Waals surface area (Å²) in [6.45, 7) is 20.4. The molecule has 5 heteroatoms. The number of hydrogen-bond donors (Lipinski definition) is 0. The summed E-state index contributed by atoms with van der Waals surface area (Å²) in [6.07, 6.45) is 0. The fourth-order valence-electron chi connectivity index (χ4n) is 0. The van der Waals surface area contributed by atoms with Crippen LogP contribution in [-0.2, 0) is 0 Å². The maximum absolute atomic E-state index is 2.27. The summed E-state index contributed by atoms with van der Waals surface area (Å²) in [4.78, 5) is 0. The molecule has 0 aromatic carbocycles. The summed E-state index contributed by atoms with van der Waals surface area (Å²) >= 11 is 0. The maximum Gasteiger partial charge on any atom is 0.0379 e. The van der Waals surface area contributed by atoms with Crippen LogP contribution in [0, 0.1) is 0 Å². The second-order valence-electron chi connectivity index (χ2n) is 4.50. The molecule has 0 fully saturated rings. The Balaban J connectivity index is -0.0000000270. The van der Waals surface area contributed by atoms with Crippen LogP contribution in [0.2, 0.25) is 58.9 Å². The van der Waals surface area contributed by atoms with Crippen LogP contribution in [0.5, 0.6) is 0 Å². The van der Waals surface area contributed by atoms with Crippen molar-refractivity contribution >= 4 is 44.0 Å². The minimum Gasteiger partial charge on any atom is -0.412 e. The zero-order valence-electron chi connectivity index (χ0n) is 11.5. The van der Waals surface area contributed by atoms with Gasteiger partial charge >= 0.3 is 0 Å². The van der Waals surface area contributed by atoms with E-state index in [9.17, 15) is 0 Å². The summed E-state index contributed by atoms with van der Waals surface area (Å²) in [5.41, 5.74) is 0. The van der Waals surface area contributed by atoms with Gasteiger partial charge < -0.3 is 5.48 Å². The van der Waals surface area contributed by atoms with E-state index in [-0.39, 0.29) is 49.5 Å². The SMILES string of the molecule is C[Si](C)C.C[Si](C)C.C[Si](C)C.O.[Ge]. The van der Waals surface area contributed by atoms with Crippen LogP contribution in [0.15, 0.2) is 0 Å². The molecule has 14 heavy (non-hydrogen) atoms. The van der Waals surface area contributed by atoms with Gasteiger partial charge in [-0.05, 0) is 0 Å². The molecule has 0 aliphatic rings. The second-order valence-corrected chi connectivity index (χ2v) is 13.5. The van der Waals surface area contributed by atoms with E-state index in [2.05, 4.69) is 58.9 Å². The first-order chi connectivity index (χ1) is 5.20. The molecule has 0 rings (SSSR count). The van der Waals surface area contributed by atoms with Gasteiger partial charge in [0.25, 0.3) is 0 Å². The van der Waals surface area contributed by atoms with Gasteiger partial charge in [-0.3, -0.25) is 0 Å². The van der Waals surface area contributed by atoms with E-state index in [1.807, 2.05) is 0 Å². The van der Waals surface area contributed by atoms with Crippen molar-refractivity contribution in [3.05, 3.63) is 0 Å². The van der Waals surface area contributed by atoms with Crippen molar-refractivity contribution in [3.63, 3.8) is 0 Å². The zero-order valence-corrected chi connectivity index (χ0v) is 16.6. The third-order valence-corrected chi connectivity index (χ3v) is 0. The van der Waals surface area contributed by atoms with Crippen molar-refractivity contribution in [2.45, 2.75) is 58.9 Å². The van der Waals surface area contributed by atoms with Crippen molar-refractivity contribution < 1.29 is 5.48 Å². The smallest absolute Gasteiger partial charge is 0.0379 e. The third kappa shape index (κ3) is 1460. The van der Waals surface area contributed by atoms with Gasteiger partial charge in [0.05, 0.1) is 0 Å². The topological polar surface area (TPSA) is 31.5 Å². The third-order valence-electron chi connectivity index (χ3n) is 0. The molecular weight excluding hydrogens is 281 g/mol. The fraction of sp³-hybridized carbons (Fsp3) is 1.00. The van der Waals surface area contributed by atoms with Crippen LogP contribution in [0.1, 0.15) is 0 Å². The van der Waals surface area contributed by atoms with Crippen molar-refractivity contribution in [1.29, 1.82) is 0 Å². The van der Waals surface area contributed by atoms with Gasteiger partial charge in [0.1, 0.15) is 0 Å². The standard InChI is InChI=1S/3C3H9Si.Ge.H2O/c3*1-4(2)3;;/h3*1-3H3;;1H2. The first-order valence-corrected chi connectivity index (χ1v) is 13.5. The Morgan fingerprint density at radius 3 is 0.429 bits per heavy atom. The van der Waals surface area contributed by atoms with Gasteiger partial charge in [0, 0.05) is 44.0 Å². The van der Waals surface area contributed by atoms with Gasteiger partial charge in [-0.2, -0.15) is 0 Å². The molecule has 87 valence electrons. The van der Waals surface area contributed by atoms with E-state index in [1.54, 1.807) is 0 Å². The molecule has 0 unspecified atom stereocenters. The predicted molar refractivity (Wildman–Crippen MR) is 79.4 cm³/mol. The minimum absolute atomic E-state index is 0. The van der Waals surface area contributed by atoms with Crippen molar-refractivity contribution in [2.24, 2.45) is 0 Å². The Hall–Kier alpha value is 1.15. The van der Waals surface area contributed by atoms with E-state index >= 15 is 0 Å². The van der Waals surface area contributed by atoms with E-state index in [1.165, 1.54) is 0 Å². The van der Waals surface area contributed by atoms with Gasteiger partial charge in [-0.1, -0.05) is 58.9 Å². The predicted octanol–water partition coefficient (Wildman–Crippen LogP) is 2.91. The molecule has 0 aromatic rings. The molecule has 0 atom stereocenters. The van der Waals surface area contributed by atoms with Crippen molar-refractivity contribution in [3.8, 4) is 0 Å². The molecule has 2 N–H and O–H groups in total. The Kier molecular flexibility index (Phi) is 50.0. The average molecular weight is 310 g/mol. The first-order valence-electron chi connectivity index (χ1n) is 4.50. The molecule has 0 bridgehead atoms. The van der Waals surface area contributed by atoms with Crippen LogP contribution in [-0.4, -0.2) is 49.5 Å². The summed E-state index contributed by atoms with van der Waals surface area (Å²) in [5, 5.41) is 0. The van der Waals surface area contributed by atoms with Crippen molar-refractivity contribution in [1.82, 2.24) is 0 Å². The molecule has 7 radical (unpaired) electrons. The molecule has 1 nitrogen and oxygen atoms in total. The summed E-state index contributed by atoms with van der Waals surface area (Å²) in [6, 6.07) is 0. The zero-order chi connectivity index (χ0) is 10.7. The van der Waals surface area contributed by atoms with Gasteiger partial charge in [0.15, 0.2) is 0 Å². The average Bonchev–Trinajstić information content (AvgIpc) is 1.54. The summed E-state index contributed by atoms with van der Waals surface area (Å²) < 4.78 is 0. The van der Waals surface area contributed by atoms with Crippen LogP contribution < -0.4 is 0 Å². The molecule has 0 amide bonds. The van der Waals surface area contributed by atoms with E-state index in [0.29, 0.717) is 0 Å². The van der Waals surface area contributed by atoms with Crippen LogP contribution in [0.25, 0.3) is 0 Å². The normalized spacial score (nSPS) is 7.71. The van der Waals surface area contributed by atoms with Gasteiger partial charge in [-0.15, -0.1) is 0 Å². The second kappa shape index (κ2) is 23.8. The summed E-state index contributed by atoms with van der Waals surface area (Å²) in [5.74, 6) is 0. The Morgan fingerprint density at radius 1 is 0.429 bits per heavy atom. The molecule has 0 aliphatic heterocycles. The van der Waals surface area contributed by atoms with Crippen molar-refractivity contribution in [2.75, 3.05) is 0 Å². The Bertz CT molecular complexity index is 48.5. The molecule has 0 saturated heterocycles. The Morgan fingerprint density at radius 2 is 0.429 bits per heavy atom. The fourth-order valence-corrected chi connectivity index (χ4v) is 0. The molecule has 0 saturated carbocycles. The van der Waals surface area contributed by atoms with Crippen LogP contribution in [0.4, 0.5) is 0 Å². The van der Waals surface area contributed by atoms with E-state index in [4.69, 9.17) is 0 Å². The number of rotatable bonds is 0. The molecule has 0 aromatic heterocycles. The quantitative estimate of drug-likeness (QED) is 0.616.